The van der Waals surface area contributed by atoms with Crippen molar-refractivity contribution < 1.29 is 9.79 Å². The lowest BCUT2D eigenvalue weighted by atomic mass is 10.1. The van der Waals surface area contributed by atoms with E-state index in [2.05, 4.69) is 0 Å². The van der Waals surface area contributed by atoms with E-state index in [0.29, 0.717) is 0 Å². The highest BCUT2D eigenvalue weighted by molar-refractivity contribution is 7.45. The molecule has 2 rings (SSSR count). The van der Waals surface area contributed by atoms with Crippen LogP contribution in [0.1, 0.15) is 11.3 Å². The Bertz CT molecular complexity index is 473. The van der Waals surface area contributed by atoms with Gasteiger partial charge in [-0.1, -0.05) is 36.4 Å². The van der Waals surface area contributed by atoms with Gasteiger partial charge in [0.15, 0.2) is 8.38 Å². The molecular weight excluding hydrogens is 209 g/mol. The number of rotatable bonds is 2. The van der Waals surface area contributed by atoms with Gasteiger partial charge < -0.3 is 15.5 Å². The van der Waals surface area contributed by atoms with Crippen LogP contribution in [0.4, 0.5) is 0 Å². The third-order valence-electron chi connectivity index (χ3n) is 2.36. The number of benzene rings is 2. The molecule has 0 saturated heterocycles. The maximum Gasteiger partial charge on any atom is 0.187 e. The lowest BCUT2D eigenvalue weighted by Gasteiger charge is -2.13. The molecule has 0 saturated carbocycles. The molecule has 0 aliphatic heterocycles. The van der Waals surface area contributed by atoms with Crippen LogP contribution in [-0.2, 0) is 0 Å². The molecule has 78 valence electrons. The Morgan fingerprint density at radius 3 is 2.33 bits per heavy atom. The fraction of sp³-hybridized carbons (Fsp3) is 0.0909. The Labute approximate surface area is 89.1 Å². The number of hydrogen-bond donors (Lipinski definition) is 3. The summed E-state index contributed by atoms with van der Waals surface area (Å²) in [4.78, 5) is 18.1. The molecule has 15 heavy (non-hydrogen) atoms. The molecule has 0 amide bonds. The molecule has 0 radical (unpaired) electrons. The minimum Gasteiger partial charge on any atom is -0.349 e. The molecule has 4 heteroatoms. The molecule has 1 unspecified atom stereocenters. The van der Waals surface area contributed by atoms with Crippen LogP contribution in [0.25, 0.3) is 10.8 Å². The van der Waals surface area contributed by atoms with E-state index < -0.39 is 14.2 Å². The second-order valence-corrected chi connectivity index (χ2v) is 4.57. The predicted molar refractivity (Wildman–Crippen MR) is 62.2 cm³/mol. The van der Waals surface area contributed by atoms with E-state index in [1.807, 2.05) is 42.5 Å². The molecule has 0 heterocycles. The predicted octanol–water partition coefficient (Wildman–Crippen LogP) is 2.09. The van der Waals surface area contributed by atoms with E-state index in [1.54, 1.807) is 0 Å². The maximum absolute atomic E-state index is 9.04. The smallest absolute Gasteiger partial charge is 0.187 e. The number of hydrogen-bond acceptors (Lipinski definition) is 3. The summed E-state index contributed by atoms with van der Waals surface area (Å²) in [6.07, 6.45) is 0. The highest BCUT2D eigenvalue weighted by atomic mass is 31.2. The third kappa shape index (κ3) is 2.16. The zero-order chi connectivity index (χ0) is 10.8. The molecule has 0 fully saturated rings. The van der Waals surface area contributed by atoms with Gasteiger partial charge in [-0.2, -0.15) is 0 Å². The fourth-order valence-corrected chi connectivity index (χ4v) is 1.95. The first kappa shape index (κ1) is 10.5. The maximum atomic E-state index is 9.04. The quantitative estimate of drug-likeness (QED) is 0.680. The Kier molecular flexibility index (Phi) is 2.98. The zero-order valence-electron chi connectivity index (χ0n) is 8.04. The van der Waals surface area contributed by atoms with Crippen molar-refractivity contribution >= 4 is 19.1 Å². The SMILES string of the molecule is NC(c1ccc2ccccc2c1)P(O)O. The van der Waals surface area contributed by atoms with Crippen LogP contribution in [-0.4, -0.2) is 9.79 Å². The Morgan fingerprint density at radius 2 is 1.67 bits per heavy atom. The van der Waals surface area contributed by atoms with Gasteiger partial charge in [0.25, 0.3) is 0 Å². The molecule has 0 bridgehead atoms. The van der Waals surface area contributed by atoms with Gasteiger partial charge in [-0.25, -0.2) is 0 Å². The molecule has 4 N–H and O–H groups in total. The molecule has 0 aliphatic rings. The van der Waals surface area contributed by atoms with Gasteiger partial charge in [-0.05, 0) is 22.4 Å². The van der Waals surface area contributed by atoms with E-state index in [0.717, 1.165) is 16.3 Å². The normalized spacial score (nSPS) is 13.3. The van der Waals surface area contributed by atoms with E-state index in [1.165, 1.54) is 0 Å². The summed E-state index contributed by atoms with van der Waals surface area (Å²) < 4.78 is 0. The van der Waals surface area contributed by atoms with Crippen molar-refractivity contribution in [2.24, 2.45) is 5.73 Å². The van der Waals surface area contributed by atoms with E-state index >= 15 is 0 Å². The van der Waals surface area contributed by atoms with Gasteiger partial charge in [0.1, 0.15) is 5.78 Å². The van der Waals surface area contributed by atoms with Crippen LogP contribution in [0.15, 0.2) is 42.5 Å². The molecule has 0 aliphatic carbocycles. The van der Waals surface area contributed by atoms with Gasteiger partial charge >= 0.3 is 0 Å². The summed E-state index contributed by atoms with van der Waals surface area (Å²) in [7, 11) is -2.12. The Morgan fingerprint density at radius 1 is 1.00 bits per heavy atom. The highest BCUT2D eigenvalue weighted by Crippen LogP contribution is 2.39. The molecular formula is C11H12NO2P. The van der Waals surface area contributed by atoms with Gasteiger partial charge in [0.05, 0.1) is 0 Å². The Balaban J connectivity index is 2.47. The van der Waals surface area contributed by atoms with E-state index in [4.69, 9.17) is 15.5 Å². The minimum atomic E-state index is -2.12. The fourth-order valence-electron chi connectivity index (χ4n) is 1.53. The van der Waals surface area contributed by atoms with Gasteiger partial charge in [0.2, 0.25) is 0 Å². The minimum absolute atomic E-state index is 0.690. The second-order valence-electron chi connectivity index (χ2n) is 3.37. The zero-order valence-corrected chi connectivity index (χ0v) is 8.93. The molecule has 0 aromatic heterocycles. The second kappa shape index (κ2) is 4.25. The third-order valence-corrected chi connectivity index (χ3v) is 3.16. The first-order chi connectivity index (χ1) is 7.18. The standard InChI is InChI=1S/C11H12NO2P/c12-11(15(13)14)10-6-5-8-3-1-2-4-9(8)7-10/h1-7,11,13-14H,12H2. The van der Waals surface area contributed by atoms with Crippen molar-refractivity contribution in [2.75, 3.05) is 0 Å². The van der Waals surface area contributed by atoms with Crippen molar-refractivity contribution in [1.29, 1.82) is 0 Å². The largest absolute Gasteiger partial charge is 0.349 e. The van der Waals surface area contributed by atoms with Gasteiger partial charge in [-0.3, -0.25) is 0 Å². The lowest BCUT2D eigenvalue weighted by molar-refractivity contribution is 0.467. The lowest BCUT2D eigenvalue weighted by Crippen LogP contribution is -2.07. The monoisotopic (exact) mass is 221 g/mol. The Hall–Kier alpha value is -0.990. The summed E-state index contributed by atoms with van der Waals surface area (Å²) >= 11 is 0. The summed E-state index contributed by atoms with van der Waals surface area (Å²) in [5, 5.41) is 2.18. The molecule has 3 nitrogen and oxygen atoms in total. The van der Waals surface area contributed by atoms with Crippen molar-refractivity contribution in [3.63, 3.8) is 0 Å². The van der Waals surface area contributed by atoms with E-state index in [9.17, 15) is 0 Å². The van der Waals surface area contributed by atoms with Gasteiger partial charge in [-0.15, -0.1) is 0 Å². The van der Waals surface area contributed by atoms with Crippen LogP contribution in [0.2, 0.25) is 0 Å². The molecule has 0 spiro atoms. The first-order valence-corrected chi connectivity index (χ1v) is 5.91. The number of fused-ring (bicyclic) bond motifs is 1. The van der Waals surface area contributed by atoms with Crippen LogP contribution in [0.3, 0.4) is 0 Å². The summed E-state index contributed by atoms with van der Waals surface area (Å²) in [6.45, 7) is 0. The highest BCUT2D eigenvalue weighted by Gasteiger charge is 2.14. The van der Waals surface area contributed by atoms with Crippen LogP contribution in [0.5, 0.6) is 0 Å². The number of nitrogens with two attached hydrogens (primary N) is 1. The molecule has 2 aromatic rings. The molecule has 2 aromatic carbocycles. The summed E-state index contributed by atoms with van der Waals surface area (Å²) in [5.74, 6) is -0.690. The van der Waals surface area contributed by atoms with Crippen LogP contribution in [0, 0.1) is 0 Å². The van der Waals surface area contributed by atoms with Crippen molar-refractivity contribution in [2.45, 2.75) is 5.78 Å². The average molecular weight is 221 g/mol. The molecule has 1 atom stereocenters. The van der Waals surface area contributed by atoms with Crippen LogP contribution >= 0.6 is 8.38 Å². The first-order valence-electron chi connectivity index (χ1n) is 4.60. The van der Waals surface area contributed by atoms with Crippen molar-refractivity contribution in [1.82, 2.24) is 0 Å². The van der Waals surface area contributed by atoms with E-state index in [-0.39, 0.29) is 0 Å². The van der Waals surface area contributed by atoms with Gasteiger partial charge in [0, 0.05) is 0 Å². The summed E-state index contributed by atoms with van der Waals surface area (Å²) in [6, 6.07) is 13.5. The van der Waals surface area contributed by atoms with Crippen molar-refractivity contribution in [3.05, 3.63) is 48.0 Å². The average Bonchev–Trinajstić information content (AvgIpc) is 2.27. The summed E-state index contributed by atoms with van der Waals surface area (Å²) in [5.41, 5.74) is 6.41. The topological polar surface area (TPSA) is 66.5 Å². The van der Waals surface area contributed by atoms with Crippen LogP contribution < -0.4 is 5.73 Å². The van der Waals surface area contributed by atoms with Crippen molar-refractivity contribution in [3.8, 4) is 0 Å².